The minimum Gasteiger partial charge on any atom is -0.452 e. The molecule has 0 aliphatic carbocycles. The fourth-order valence-electron chi connectivity index (χ4n) is 3.20. The summed E-state index contributed by atoms with van der Waals surface area (Å²) in [6, 6.07) is 7.73. The lowest BCUT2D eigenvalue weighted by atomic mass is 10.1. The summed E-state index contributed by atoms with van der Waals surface area (Å²) in [5.41, 5.74) is 1.92. The van der Waals surface area contributed by atoms with E-state index < -0.39 is 5.97 Å². The Kier molecular flexibility index (Phi) is 5.59. The van der Waals surface area contributed by atoms with Crippen LogP contribution in [0.4, 0.5) is 0 Å². The van der Waals surface area contributed by atoms with Gasteiger partial charge in [0.1, 0.15) is 5.56 Å². The molecule has 150 valence electrons. The van der Waals surface area contributed by atoms with Crippen LogP contribution in [0.25, 0.3) is 0 Å². The van der Waals surface area contributed by atoms with E-state index in [0.29, 0.717) is 17.7 Å². The third-order valence-corrected chi connectivity index (χ3v) is 6.53. The summed E-state index contributed by atoms with van der Waals surface area (Å²) in [7, 11) is 0. The van der Waals surface area contributed by atoms with Gasteiger partial charge in [-0.3, -0.25) is 9.89 Å². The Hall–Kier alpha value is -2.78. The average Bonchev–Trinajstić information content (AvgIpc) is 3.49. The zero-order chi connectivity index (χ0) is 20.4. The quantitative estimate of drug-likeness (QED) is 0.596. The van der Waals surface area contributed by atoms with Crippen molar-refractivity contribution in [2.45, 2.75) is 32.2 Å². The number of ether oxygens (including phenoxy) is 1. The van der Waals surface area contributed by atoms with Gasteiger partial charge in [-0.1, -0.05) is 26.0 Å². The number of hydrazone groups is 1. The number of esters is 1. The molecular formula is C20H20N4O3S2. The van der Waals surface area contributed by atoms with Crippen molar-refractivity contribution in [3.05, 3.63) is 62.2 Å². The van der Waals surface area contributed by atoms with E-state index in [-0.39, 0.29) is 24.5 Å². The number of amides is 1. The van der Waals surface area contributed by atoms with Gasteiger partial charge in [-0.2, -0.15) is 10.2 Å². The third kappa shape index (κ3) is 4.01. The first-order valence-electron chi connectivity index (χ1n) is 9.21. The first-order chi connectivity index (χ1) is 14.0. The molecule has 0 aromatic carbocycles. The summed E-state index contributed by atoms with van der Waals surface area (Å²) < 4.78 is 5.29. The summed E-state index contributed by atoms with van der Waals surface area (Å²) >= 11 is 3.18. The SMILES string of the molecule is CC(C)c1[nH]ncc1C(=O)OCC(=O)N1N=C(c2cccs2)CC1c1cccs1. The summed E-state index contributed by atoms with van der Waals surface area (Å²) in [5.74, 6) is -0.821. The van der Waals surface area contributed by atoms with Crippen molar-refractivity contribution in [1.82, 2.24) is 15.2 Å². The molecule has 1 aliphatic rings. The molecule has 0 bridgehead atoms. The van der Waals surface area contributed by atoms with Gasteiger partial charge in [0.05, 0.1) is 28.5 Å². The van der Waals surface area contributed by atoms with Gasteiger partial charge in [-0.25, -0.2) is 9.80 Å². The van der Waals surface area contributed by atoms with Gasteiger partial charge in [0.2, 0.25) is 0 Å². The van der Waals surface area contributed by atoms with Gasteiger partial charge >= 0.3 is 5.97 Å². The minimum atomic E-state index is -0.565. The van der Waals surface area contributed by atoms with Crippen molar-refractivity contribution in [2.75, 3.05) is 6.61 Å². The second-order valence-electron chi connectivity index (χ2n) is 6.93. The van der Waals surface area contributed by atoms with Crippen LogP contribution < -0.4 is 0 Å². The van der Waals surface area contributed by atoms with Gasteiger partial charge in [-0.05, 0) is 28.8 Å². The summed E-state index contributed by atoms with van der Waals surface area (Å²) in [6.07, 6.45) is 2.07. The van der Waals surface area contributed by atoms with Crippen LogP contribution in [-0.4, -0.2) is 39.4 Å². The number of carbonyl (C=O) groups excluding carboxylic acids is 2. The number of rotatable bonds is 6. The highest BCUT2D eigenvalue weighted by Gasteiger charge is 2.34. The van der Waals surface area contributed by atoms with Crippen molar-refractivity contribution in [1.29, 1.82) is 0 Å². The Morgan fingerprint density at radius 2 is 2.07 bits per heavy atom. The highest BCUT2D eigenvalue weighted by molar-refractivity contribution is 7.12. The lowest BCUT2D eigenvalue weighted by Crippen LogP contribution is -2.31. The molecule has 3 aromatic heterocycles. The zero-order valence-corrected chi connectivity index (χ0v) is 17.6. The number of thiophene rings is 2. The summed E-state index contributed by atoms with van der Waals surface area (Å²) in [6.45, 7) is 3.53. The number of nitrogens with one attached hydrogen (secondary N) is 1. The van der Waals surface area contributed by atoms with Gasteiger partial charge < -0.3 is 4.74 Å². The predicted molar refractivity (Wildman–Crippen MR) is 112 cm³/mol. The van der Waals surface area contributed by atoms with Crippen LogP contribution in [-0.2, 0) is 9.53 Å². The van der Waals surface area contributed by atoms with Crippen molar-refractivity contribution >= 4 is 40.3 Å². The molecule has 0 saturated heterocycles. The Labute approximate surface area is 176 Å². The standard InChI is InChI=1S/C20H20N4O3S2/c1-12(2)19-13(10-21-22-19)20(26)27-11-18(25)24-15(17-6-4-8-29-17)9-14(23-24)16-5-3-7-28-16/h3-8,10,12,15H,9,11H2,1-2H3,(H,21,22). The number of H-pyrrole nitrogens is 1. The maximum Gasteiger partial charge on any atom is 0.342 e. The monoisotopic (exact) mass is 428 g/mol. The van der Waals surface area contributed by atoms with E-state index in [9.17, 15) is 9.59 Å². The molecule has 0 spiro atoms. The van der Waals surface area contributed by atoms with Crippen LogP contribution in [0.2, 0.25) is 0 Å². The molecule has 7 nitrogen and oxygen atoms in total. The Balaban J connectivity index is 1.49. The molecule has 4 rings (SSSR count). The van der Waals surface area contributed by atoms with Crippen molar-refractivity contribution in [3.8, 4) is 0 Å². The highest BCUT2D eigenvalue weighted by atomic mass is 32.1. The number of aromatic amines is 1. The van der Waals surface area contributed by atoms with E-state index in [2.05, 4.69) is 15.3 Å². The van der Waals surface area contributed by atoms with Crippen LogP contribution in [0.5, 0.6) is 0 Å². The van der Waals surface area contributed by atoms with Crippen LogP contribution in [0.3, 0.4) is 0 Å². The second-order valence-corrected chi connectivity index (χ2v) is 8.85. The topological polar surface area (TPSA) is 87.7 Å². The van der Waals surface area contributed by atoms with Crippen molar-refractivity contribution < 1.29 is 14.3 Å². The Bertz CT molecular complexity index is 1020. The molecule has 0 fully saturated rings. The maximum atomic E-state index is 12.9. The molecule has 1 atom stereocenters. The molecule has 0 saturated carbocycles. The maximum absolute atomic E-state index is 12.9. The van der Waals surface area contributed by atoms with E-state index in [1.807, 2.05) is 48.9 Å². The lowest BCUT2D eigenvalue weighted by molar-refractivity contribution is -0.136. The average molecular weight is 429 g/mol. The second kappa shape index (κ2) is 8.30. The number of hydrogen-bond donors (Lipinski definition) is 1. The van der Waals surface area contributed by atoms with E-state index in [1.54, 1.807) is 22.7 Å². The summed E-state index contributed by atoms with van der Waals surface area (Å²) in [4.78, 5) is 27.4. The molecule has 9 heteroatoms. The highest BCUT2D eigenvalue weighted by Crippen LogP contribution is 2.35. The van der Waals surface area contributed by atoms with Crippen molar-refractivity contribution in [3.63, 3.8) is 0 Å². The van der Waals surface area contributed by atoms with Crippen molar-refractivity contribution in [2.24, 2.45) is 5.10 Å². The van der Waals surface area contributed by atoms with Gasteiger partial charge in [0, 0.05) is 11.3 Å². The van der Waals surface area contributed by atoms with Gasteiger partial charge in [0.15, 0.2) is 6.61 Å². The van der Waals surface area contributed by atoms with E-state index in [4.69, 9.17) is 4.74 Å². The first-order valence-corrected chi connectivity index (χ1v) is 11.0. The molecule has 1 N–H and O–H groups in total. The normalized spacial score (nSPS) is 16.3. The lowest BCUT2D eigenvalue weighted by Gasteiger charge is -2.20. The number of nitrogens with zero attached hydrogens (tertiary/aromatic N) is 3. The van der Waals surface area contributed by atoms with Crippen LogP contribution in [0, 0.1) is 0 Å². The Morgan fingerprint density at radius 1 is 1.28 bits per heavy atom. The number of aromatic nitrogens is 2. The van der Waals surface area contributed by atoms with E-state index in [1.165, 1.54) is 11.2 Å². The largest absolute Gasteiger partial charge is 0.452 e. The molecule has 4 heterocycles. The summed E-state index contributed by atoms with van der Waals surface area (Å²) in [5, 5.41) is 16.7. The zero-order valence-electron chi connectivity index (χ0n) is 16.0. The molecule has 29 heavy (non-hydrogen) atoms. The molecule has 1 aliphatic heterocycles. The molecular weight excluding hydrogens is 408 g/mol. The smallest absolute Gasteiger partial charge is 0.342 e. The van der Waals surface area contributed by atoms with Gasteiger partial charge in [0.25, 0.3) is 5.91 Å². The first kappa shape index (κ1) is 19.5. The van der Waals surface area contributed by atoms with Gasteiger partial charge in [-0.15, -0.1) is 22.7 Å². The van der Waals surface area contributed by atoms with Crippen LogP contribution >= 0.6 is 22.7 Å². The molecule has 0 radical (unpaired) electrons. The van der Waals surface area contributed by atoms with E-state index in [0.717, 1.165) is 15.5 Å². The van der Waals surface area contributed by atoms with Crippen LogP contribution in [0.1, 0.15) is 58.0 Å². The molecule has 3 aromatic rings. The third-order valence-electron chi connectivity index (χ3n) is 4.64. The molecule has 1 amide bonds. The number of hydrogen-bond acceptors (Lipinski definition) is 7. The number of carbonyl (C=O) groups is 2. The van der Waals surface area contributed by atoms with E-state index >= 15 is 0 Å². The van der Waals surface area contributed by atoms with Crippen LogP contribution in [0.15, 0.2) is 46.3 Å². The predicted octanol–water partition coefficient (Wildman–Crippen LogP) is 4.19. The Morgan fingerprint density at radius 3 is 2.76 bits per heavy atom. The fraction of sp³-hybridized carbons (Fsp3) is 0.300. The minimum absolute atomic E-state index is 0.0931. The fourth-order valence-corrected chi connectivity index (χ4v) is 4.74. The molecule has 1 unspecified atom stereocenters.